The highest BCUT2D eigenvalue weighted by atomic mass is 16.5. The number of carbonyl (C=O) groups excluding carboxylic acids is 2. The molecule has 156 valence electrons. The minimum absolute atomic E-state index is 0.00539. The minimum Gasteiger partial charge on any atom is -0.497 e. The number of ether oxygens (including phenoxy) is 1. The average molecular weight is 391 g/mol. The molecule has 1 heterocycles. The Bertz CT molecular complexity index is 648. The van der Waals surface area contributed by atoms with Gasteiger partial charge in [-0.1, -0.05) is 19.9 Å². The molecule has 7 heteroatoms. The van der Waals surface area contributed by atoms with Gasteiger partial charge >= 0.3 is 6.03 Å². The first kappa shape index (κ1) is 22.0. The van der Waals surface area contributed by atoms with Crippen LogP contribution in [-0.4, -0.2) is 62.2 Å². The molecule has 2 atom stereocenters. The van der Waals surface area contributed by atoms with Gasteiger partial charge in [0.25, 0.3) is 0 Å². The molecule has 2 N–H and O–H groups in total. The minimum atomic E-state index is -0.208. The SMILES string of the molecule is CCN(CC)CCCC(C)NC(=O)NC1CC(=O)N(c2cccc(OC)c2)C1. The molecular weight excluding hydrogens is 356 g/mol. The Morgan fingerprint density at radius 3 is 2.79 bits per heavy atom. The number of anilines is 1. The van der Waals surface area contributed by atoms with Crippen molar-refractivity contribution in [3.05, 3.63) is 24.3 Å². The van der Waals surface area contributed by atoms with Gasteiger partial charge in [-0.15, -0.1) is 0 Å². The van der Waals surface area contributed by atoms with Gasteiger partial charge in [0.05, 0.1) is 13.2 Å². The van der Waals surface area contributed by atoms with E-state index < -0.39 is 0 Å². The summed E-state index contributed by atoms with van der Waals surface area (Å²) in [5.41, 5.74) is 0.791. The Labute approximate surface area is 168 Å². The van der Waals surface area contributed by atoms with E-state index in [1.807, 2.05) is 31.2 Å². The average Bonchev–Trinajstić information content (AvgIpc) is 3.05. The summed E-state index contributed by atoms with van der Waals surface area (Å²) in [4.78, 5) is 28.7. The first-order valence-electron chi connectivity index (χ1n) is 10.2. The quantitative estimate of drug-likeness (QED) is 0.644. The molecule has 0 spiro atoms. The van der Waals surface area contributed by atoms with E-state index in [9.17, 15) is 9.59 Å². The first-order chi connectivity index (χ1) is 13.5. The summed E-state index contributed by atoms with van der Waals surface area (Å²) in [6.45, 7) is 9.97. The van der Waals surface area contributed by atoms with Gasteiger partial charge < -0.3 is 25.2 Å². The van der Waals surface area contributed by atoms with Gasteiger partial charge in [0.1, 0.15) is 5.75 Å². The van der Waals surface area contributed by atoms with Crippen molar-refractivity contribution in [1.82, 2.24) is 15.5 Å². The Morgan fingerprint density at radius 2 is 2.11 bits per heavy atom. The van der Waals surface area contributed by atoms with Crippen LogP contribution < -0.4 is 20.3 Å². The van der Waals surface area contributed by atoms with Crippen LogP contribution in [0.1, 0.15) is 40.0 Å². The van der Waals surface area contributed by atoms with Crippen LogP contribution in [0.15, 0.2) is 24.3 Å². The van der Waals surface area contributed by atoms with Gasteiger partial charge in [-0.05, 0) is 51.5 Å². The molecule has 0 bridgehead atoms. The van der Waals surface area contributed by atoms with Crippen molar-refractivity contribution in [3.63, 3.8) is 0 Å². The smallest absolute Gasteiger partial charge is 0.315 e. The van der Waals surface area contributed by atoms with E-state index in [1.54, 1.807) is 12.0 Å². The highest BCUT2D eigenvalue weighted by Crippen LogP contribution is 2.25. The van der Waals surface area contributed by atoms with Crippen molar-refractivity contribution in [2.75, 3.05) is 38.2 Å². The lowest BCUT2D eigenvalue weighted by Gasteiger charge is -2.21. The Kier molecular flexibility index (Phi) is 8.57. The predicted molar refractivity (Wildman–Crippen MR) is 112 cm³/mol. The lowest BCUT2D eigenvalue weighted by Crippen LogP contribution is -2.46. The lowest BCUT2D eigenvalue weighted by atomic mass is 10.2. The second-order valence-electron chi connectivity index (χ2n) is 7.29. The molecule has 0 radical (unpaired) electrons. The molecule has 1 saturated heterocycles. The number of amides is 3. The van der Waals surface area contributed by atoms with Crippen molar-refractivity contribution in [3.8, 4) is 5.75 Å². The lowest BCUT2D eigenvalue weighted by molar-refractivity contribution is -0.117. The number of urea groups is 1. The molecule has 1 aliphatic heterocycles. The van der Waals surface area contributed by atoms with Crippen molar-refractivity contribution in [1.29, 1.82) is 0 Å². The summed E-state index contributed by atoms with van der Waals surface area (Å²) in [6, 6.07) is 7.10. The molecule has 1 aliphatic rings. The second-order valence-corrected chi connectivity index (χ2v) is 7.29. The number of nitrogens with one attached hydrogen (secondary N) is 2. The number of nitrogens with zero attached hydrogens (tertiary/aromatic N) is 2. The number of carbonyl (C=O) groups is 2. The molecule has 28 heavy (non-hydrogen) atoms. The maximum absolute atomic E-state index is 12.4. The third-order valence-electron chi connectivity index (χ3n) is 5.21. The summed E-state index contributed by atoms with van der Waals surface area (Å²) < 4.78 is 5.23. The van der Waals surface area contributed by atoms with Crippen molar-refractivity contribution in [2.24, 2.45) is 0 Å². The van der Waals surface area contributed by atoms with Crippen LogP contribution in [0.4, 0.5) is 10.5 Å². The molecule has 2 unspecified atom stereocenters. The van der Waals surface area contributed by atoms with Gasteiger partial charge in [-0.3, -0.25) is 4.79 Å². The normalized spacial score (nSPS) is 17.7. The van der Waals surface area contributed by atoms with Crippen molar-refractivity contribution >= 4 is 17.6 Å². The predicted octanol–water partition coefficient (Wildman–Crippen LogP) is 2.61. The van der Waals surface area contributed by atoms with Crippen LogP contribution in [0.25, 0.3) is 0 Å². The van der Waals surface area contributed by atoms with Crippen molar-refractivity contribution in [2.45, 2.75) is 52.1 Å². The monoisotopic (exact) mass is 390 g/mol. The van der Waals surface area contributed by atoms with Gasteiger partial charge in [-0.25, -0.2) is 4.79 Å². The topological polar surface area (TPSA) is 73.9 Å². The maximum atomic E-state index is 12.4. The van der Waals surface area contributed by atoms with Crippen molar-refractivity contribution < 1.29 is 14.3 Å². The van der Waals surface area contributed by atoms with Gasteiger partial charge in [0.2, 0.25) is 5.91 Å². The molecule has 0 aliphatic carbocycles. The Balaban J connectivity index is 1.77. The van der Waals surface area contributed by atoms with Crippen LogP contribution in [0, 0.1) is 0 Å². The number of rotatable bonds is 10. The highest BCUT2D eigenvalue weighted by molar-refractivity contribution is 5.97. The largest absolute Gasteiger partial charge is 0.497 e. The third-order valence-corrected chi connectivity index (χ3v) is 5.21. The first-order valence-corrected chi connectivity index (χ1v) is 10.2. The van der Waals surface area contributed by atoms with E-state index in [0.29, 0.717) is 18.7 Å². The van der Waals surface area contributed by atoms with E-state index in [-0.39, 0.29) is 24.0 Å². The molecule has 7 nitrogen and oxygen atoms in total. The number of hydrogen-bond donors (Lipinski definition) is 2. The van der Waals surface area contributed by atoms with Gasteiger partial charge in [0.15, 0.2) is 0 Å². The zero-order valence-corrected chi connectivity index (χ0v) is 17.5. The number of hydrogen-bond acceptors (Lipinski definition) is 4. The number of benzene rings is 1. The molecular formula is C21H34N4O3. The zero-order valence-electron chi connectivity index (χ0n) is 17.5. The molecule has 2 rings (SSSR count). The standard InChI is InChI=1S/C21H34N4O3/c1-5-24(6-2)12-8-9-16(3)22-21(27)23-17-13-20(26)25(15-17)18-10-7-11-19(14-18)28-4/h7,10-11,14,16-17H,5-6,8-9,12-13,15H2,1-4H3,(H2,22,23,27). The van der Waals surface area contributed by atoms with E-state index >= 15 is 0 Å². The molecule has 0 saturated carbocycles. The fraction of sp³-hybridized carbons (Fsp3) is 0.619. The fourth-order valence-electron chi connectivity index (χ4n) is 3.52. The van der Waals surface area contributed by atoms with Crippen LogP contribution in [0.5, 0.6) is 5.75 Å². The highest BCUT2D eigenvalue weighted by Gasteiger charge is 2.31. The van der Waals surface area contributed by atoms with E-state index in [0.717, 1.165) is 38.2 Å². The van der Waals surface area contributed by atoms with Crippen LogP contribution in [0.2, 0.25) is 0 Å². The van der Waals surface area contributed by atoms with E-state index in [1.165, 1.54) is 0 Å². The maximum Gasteiger partial charge on any atom is 0.315 e. The van der Waals surface area contributed by atoms with Gasteiger partial charge in [-0.2, -0.15) is 0 Å². The van der Waals surface area contributed by atoms with Crippen LogP contribution >= 0.6 is 0 Å². The molecule has 1 aromatic carbocycles. The van der Waals surface area contributed by atoms with Gasteiger partial charge in [0, 0.05) is 30.8 Å². The van der Waals surface area contributed by atoms with Crippen LogP contribution in [-0.2, 0) is 4.79 Å². The Morgan fingerprint density at radius 1 is 1.36 bits per heavy atom. The summed E-state index contributed by atoms with van der Waals surface area (Å²) in [5, 5.41) is 5.92. The fourth-order valence-corrected chi connectivity index (χ4v) is 3.52. The van der Waals surface area contributed by atoms with Crippen LogP contribution in [0.3, 0.4) is 0 Å². The summed E-state index contributed by atoms with van der Waals surface area (Å²) >= 11 is 0. The number of methoxy groups -OCH3 is 1. The molecule has 1 fully saturated rings. The molecule has 1 aromatic rings. The molecule has 0 aromatic heterocycles. The summed E-state index contributed by atoms with van der Waals surface area (Å²) in [5.74, 6) is 0.712. The van der Waals surface area contributed by atoms with E-state index in [4.69, 9.17) is 4.74 Å². The molecule has 3 amide bonds. The zero-order chi connectivity index (χ0) is 20.5. The van der Waals surface area contributed by atoms with E-state index in [2.05, 4.69) is 29.4 Å². The summed E-state index contributed by atoms with van der Waals surface area (Å²) in [7, 11) is 1.60. The Hall–Kier alpha value is -2.28. The second kappa shape index (κ2) is 10.9. The summed E-state index contributed by atoms with van der Waals surface area (Å²) in [6.07, 6.45) is 2.29. The third kappa shape index (κ3) is 6.41.